The molecular weight excluding hydrogens is 368 g/mol. The van der Waals surface area contributed by atoms with Gasteiger partial charge in [0.15, 0.2) is 0 Å². The van der Waals surface area contributed by atoms with Gasteiger partial charge in [0, 0.05) is 37.5 Å². The number of nitrogens with zero attached hydrogens (tertiary/aromatic N) is 2. The van der Waals surface area contributed by atoms with Crippen molar-refractivity contribution in [2.75, 3.05) is 32.8 Å². The first-order valence-corrected chi connectivity index (χ1v) is 10.0. The molecule has 3 fully saturated rings. The zero-order valence-corrected chi connectivity index (χ0v) is 16.1. The van der Waals surface area contributed by atoms with Crippen LogP contribution in [0.25, 0.3) is 0 Å². The number of carbonyl (C=O) groups excluding carboxylic acids is 2. The third kappa shape index (κ3) is 4.22. The number of piperidine rings is 1. The summed E-state index contributed by atoms with van der Waals surface area (Å²) < 4.78 is 12.2. The smallest absolute Gasteiger partial charge is 0.242 e. The average Bonchev–Trinajstić information content (AvgIpc) is 3.21. The quantitative estimate of drug-likeness (QED) is 0.789. The molecule has 0 aliphatic carbocycles. The third-order valence-electron chi connectivity index (χ3n) is 5.66. The Morgan fingerprint density at radius 3 is 3.00 bits per heavy atom. The van der Waals surface area contributed by atoms with Crippen molar-refractivity contribution >= 4 is 23.4 Å². The molecule has 2 atom stereocenters. The zero-order valence-electron chi connectivity index (χ0n) is 15.4. The number of carbonyl (C=O) groups is 2. The number of halogens is 1. The molecule has 6 nitrogen and oxygen atoms in total. The van der Waals surface area contributed by atoms with Gasteiger partial charge in [-0.3, -0.25) is 9.59 Å². The second kappa shape index (κ2) is 7.68. The molecule has 1 spiro atoms. The van der Waals surface area contributed by atoms with Crippen molar-refractivity contribution in [2.24, 2.45) is 0 Å². The molecule has 3 aliphatic heterocycles. The Bertz CT molecular complexity index is 728. The fourth-order valence-corrected chi connectivity index (χ4v) is 4.52. The SMILES string of the molecule is O=C1CCCN1CC(=O)N1CCC[C@@]2(C[C@@H](Oc3cccc(Cl)c3)CO2)C1. The molecule has 0 saturated carbocycles. The Morgan fingerprint density at radius 1 is 1.33 bits per heavy atom. The van der Waals surface area contributed by atoms with E-state index in [9.17, 15) is 9.59 Å². The Kier molecular flexibility index (Phi) is 5.28. The Hall–Kier alpha value is -1.79. The molecule has 1 aromatic rings. The molecule has 0 N–H and O–H groups in total. The monoisotopic (exact) mass is 392 g/mol. The van der Waals surface area contributed by atoms with E-state index in [1.165, 1.54) is 0 Å². The number of likely N-dealkylation sites (tertiary alicyclic amines) is 2. The second-order valence-electron chi connectivity index (χ2n) is 7.73. The molecule has 3 heterocycles. The van der Waals surface area contributed by atoms with Gasteiger partial charge in [0.25, 0.3) is 0 Å². The fourth-order valence-electron chi connectivity index (χ4n) is 4.34. The molecular formula is C20H25ClN2O4. The second-order valence-corrected chi connectivity index (χ2v) is 8.17. The fraction of sp³-hybridized carbons (Fsp3) is 0.600. The van der Waals surface area contributed by atoms with Crippen LogP contribution in [-0.4, -0.2) is 66.1 Å². The summed E-state index contributed by atoms with van der Waals surface area (Å²) in [6, 6.07) is 7.37. The van der Waals surface area contributed by atoms with Gasteiger partial charge < -0.3 is 19.3 Å². The number of benzene rings is 1. The summed E-state index contributed by atoms with van der Waals surface area (Å²) in [5.41, 5.74) is -0.341. The van der Waals surface area contributed by atoms with Gasteiger partial charge in [-0.15, -0.1) is 0 Å². The molecule has 1 aromatic carbocycles. The normalized spacial score (nSPS) is 28.2. The van der Waals surface area contributed by atoms with Crippen LogP contribution in [0.4, 0.5) is 0 Å². The molecule has 0 bridgehead atoms. The lowest BCUT2D eigenvalue weighted by Gasteiger charge is -2.40. The molecule has 2 amide bonds. The average molecular weight is 393 g/mol. The summed E-state index contributed by atoms with van der Waals surface area (Å²) >= 11 is 6.02. The van der Waals surface area contributed by atoms with Crippen LogP contribution in [0.15, 0.2) is 24.3 Å². The molecule has 7 heteroatoms. The van der Waals surface area contributed by atoms with E-state index < -0.39 is 0 Å². The van der Waals surface area contributed by atoms with Crippen LogP contribution in [0.2, 0.25) is 5.02 Å². The Morgan fingerprint density at radius 2 is 2.22 bits per heavy atom. The summed E-state index contributed by atoms with van der Waals surface area (Å²) in [5, 5.41) is 0.645. The number of rotatable bonds is 4. The van der Waals surface area contributed by atoms with Gasteiger partial charge in [0.05, 0.1) is 18.8 Å². The van der Waals surface area contributed by atoms with Gasteiger partial charge in [-0.05, 0) is 37.5 Å². The van der Waals surface area contributed by atoms with Crippen molar-refractivity contribution in [1.82, 2.24) is 9.80 Å². The van der Waals surface area contributed by atoms with E-state index in [0.29, 0.717) is 31.1 Å². The van der Waals surface area contributed by atoms with Crippen molar-refractivity contribution in [3.8, 4) is 5.75 Å². The zero-order chi connectivity index (χ0) is 18.9. The van der Waals surface area contributed by atoms with Crippen molar-refractivity contribution in [1.29, 1.82) is 0 Å². The highest BCUT2D eigenvalue weighted by atomic mass is 35.5. The first-order valence-electron chi connectivity index (χ1n) is 9.65. The van der Waals surface area contributed by atoms with E-state index in [0.717, 1.165) is 38.0 Å². The van der Waals surface area contributed by atoms with E-state index in [4.69, 9.17) is 21.1 Å². The molecule has 3 aliphatic rings. The predicted molar refractivity (Wildman–Crippen MR) is 101 cm³/mol. The van der Waals surface area contributed by atoms with Crippen LogP contribution >= 0.6 is 11.6 Å². The number of hydrogen-bond acceptors (Lipinski definition) is 4. The van der Waals surface area contributed by atoms with E-state index in [1.54, 1.807) is 11.0 Å². The van der Waals surface area contributed by atoms with Crippen LogP contribution < -0.4 is 4.74 Å². The van der Waals surface area contributed by atoms with Crippen LogP contribution in [0, 0.1) is 0 Å². The van der Waals surface area contributed by atoms with Crippen molar-refractivity contribution in [2.45, 2.75) is 43.8 Å². The predicted octanol–water partition coefficient (Wildman–Crippen LogP) is 2.49. The first-order chi connectivity index (χ1) is 13.0. The summed E-state index contributed by atoms with van der Waals surface area (Å²) in [7, 11) is 0. The molecule has 4 rings (SSSR count). The Balaban J connectivity index is 1.34. The van der Waals surface area contributed by atoms with Crippen LogP contribution in [0.1, 0.15) is 32.1 Å². The topological polar surface area (TPSA) is 59.1 Å². The van der Waals surface area contributed by atoms with Crippen molar-refractivity contribution in [3.63, 3.8) is 0 Å². The minimum atomic E-state index is -0.341. The molecule has 0 radical (unpaired) electrons. The van der Waals surface area contributed by atoms with Gasteiger partial charge in [-0.2, -0.15) is 0 Å². The standard InChI is InChI=1S/C20H25ClN2O4/c21-15-4-1-5-16(10-15)27-17-11-20(26-13-17)7-3-9-23(14-20)19(25)12-22-8-2-6-18(22)24/h1,4-5,10,17H,2-3,6-9,11-14H2/t17-,20-/m1/s1. The third-order valence-corrected chi connectivity index (χ3v) is 5.90. The lowest BCUT2D eigenvalue weighted by Crippen LogP contribution is -2.52. The highest BCUT2D eigenvalue weighted by Gasteiger charge is 2.45. The number of amides is 2. The largest absolute Gasteiger partial charge is 0.488 e. The van der Waals surface area contributed by atoms with Gasteiger partial charge in [-0.1, -0.05) is 17.7 Å². The lowest BCUT2D eigenvalue weighted by atomic mass is 9.89. The summed E-state index contributed by atoms with van der Waals surface area (Å²) in [4.78, 5) is 28.0. The van der Waals surface area contributed by atoms with E-state index >= 15 is 0 Å². The van der Waals surface area contributed by atoms with Gasteiger partial charge in [0.2, 0.25) is 11.8 Å². The number of hydrogen-bond donors (Lipinski definition) is 0. The summed E-state index contributed by atoms with van der Waals surface area (Å²) in [6.45, 7) is 2.70. The molecule has 146 valence electrons. The maximum atomic E-state index is 12.7. The van der Waals surface area contributed by atoms with Crippen molar-refractivity contribution < 1.29 is 19.1 Å². The van der Waals surface area contributed by atoms with Gasteiger partial charge in [0.1, 0.15) is 11.9 Å². The van der Waals surface area contributed by atoms with Crippen LogP contribution in [-0.2, 0) is 14.3 Å². The molecule has 3 saturated heterocycles. The minimum absolute atomic E-state index is 0.0205. The van der Waals surface area contributed by atoms with Crippen LogP contribution in [0.3, 0.4) is 0 Å². The minimum Gasteiger partial charge on any atom is -0.488 e. The Labute approximate surface area is 164 Å². The van der Waals surface area contributed by atoms with Crippen LogP contribution in [0.5, 0.6) is 5.75 Å². The van der Waals surface area contributed by atoms with E-state index in [1.807, 2.05) is 23.1 Å². The van der Waals surface area contributed by atoms with Gasteiger partial charge >= 0.3 is 0 Å². The highest BCUT2D eigenvalue weighted by molar-refractivity contribution is 6.30. The first kappa shape index (κ1) is 18.6. The lowest BCUT2D eigenvalue weighted by molar-refractivity contribution is -0.143. The van der Waals surface area contributed by atoms with Crippen molar-refractivity contribution in [3.05, 3.63) is 29.3 Å². The maximum Gasteiger partial charge on any atom is 0.242 e. The maximum absolute atomic E-state index is 12.7. The highest BCUT2D eigenvalue weighted by Crippen LogP contribution is 2.36. The summed E-state index contributed by atoms with van der Waals surface area (Å²) in [6.07, 6.45) is 3.95. The molecule has 0 unspecified atom stereocenters. The van der Waals surface area contributed by atoms with E-state index in [-0.39, 0.29) is 30.1 Å². The van der Waals surface area contributed by atoms with E-state index in [2.05, 4.69) is 0 Å². The van der Waals surface area contributed by atoms with Gasteiger partial charge in [-0.25, -0.2) is 0 Å². The molecule has 0 aromatic heterocycles. The molecule has 27 heavy (non-hydrogen) atoms. The summed E-state index contributed by atoms with van der Waals surface area (Å²) in [5.74, 6) is 0.846. The number of ether oxygens (including phenoxy) is 2.